The molecule has 1 aromatic rings. The highest BCUT2D eigenvalue weighted by molar-refractivity contribution is 5.23. The lowest BCUT2D eigenvalue weighted by molar-refractivity contribution is 0.158. The van der Waals surface area contributed by atoms with Gasteiger partial charge in [-0.05, 0) is 31.9 Å². The van der Waals surface area contributed by atoms with Crippen molar-refractivity contribution < 1.29 is 0 Å². The van der Waals surface area contributed by atoms with Crippen LogP contribution in [0.4, 0.5) is 5.82 Å². The van der Waals surface area contributed by atoms with Crippen LogP contribution in [-0.2, 0) is 6.54 Å². The fourth-order valence-corrected chi connectivity index (χ4v) is 2.75. The van der Waals surface area contributed by atoms with Crippen molar-refractivity contribution in [1.29, 1.82) is 0 Å². The predicted octanol–water partition coefficient (Wildman–Crippen LogP) is 1.98. The van der Waals surface area contributed by atoms with Crippen molar-refractivity contribution in [3.63, 3.8) is 0 Å². The normalized spacial score (nSPS) is 25.4. The molecule has 2 N–H and O–H groups in total. The van der Waals surface area contributed by atoms with E-state index in [1.807, 2.05) is 16.9 Å². The molecule has 2 unspecified atom stereocenters. The van der Waals surface area contributed by atoms with E-state index in [2.05, 4.69) is 24.0 Å². The highest BCUT2D eigenvalue weighted by atomic mass is 15.3. The Morgan fingerprint density at radius 1 is 1.53 bits per heavy atom. The monoisotopic (exact) mass is 236 g/mol. The minimum atomic E-state index is 0.610. The van der Waals surface area contributed by atoms with Crippen molar-refractivity contribution in [3.8, 4) is 0 Å². The molecule has 0 bridgehead atoms. The van der Waals surface area contributed by atoms with E-state index in [9.17, 15) is 0 Å². The number of likely N-dealkylation sites (N-methyl/N-ethyl adjacent to an activating group) is 1. The van der Waals surface area contributed by atoms with E-state index in [4.69, 9.17) is 5.73 Å². The van der Waals surface area contributed by atoms with Crippen molar-refractivity contribution in [1.82, 2.24) is 14.7 Å². The van der Waals surface area contributed by atoms with Crippen LogP contribution in [0.2, 0.25) is 0 Å². The molecule has 1 aliphatic rings. The summed E-state index contributed by atoms with van der Waals surface area (Å²) in [5.41, 5.74) is 5.60. The second-order valence-electron chi connectivity index (χ2n) is 5.41. The van der Waals surface area contributed by atoms with E-state index in [1.54, 1.807) is 0 Å². The Kier molecular flexibility index (Phi) is 4.05. The molecule has 0 aliphatic heterocycles. The van der Waals surface area contributed by atoms with Crippen LogP contribution < -0.4 is 5.73 Å². The Hall–Kier alpha value is -1.03. The Labute approximate surface area is 104 Å². The van der Waals surface area contributed by atoms with E-state index in [0.717, 1.165) is 25.0 Å². The number of nitrogens with zero attached hydrogens (tertiary/aromatic N) is 3. The van der Waals surface area contributed by atoms with Gasteiger partial charge in [0.2, 0.25) is 0 Å². The molecule has 0 radical (unpaired) electrons. The molecule has 0 saturated heterocycles. The minimum absolute atomic E-state index is 0.610. The van der Waals surface area contributed by atoms with E-state index in [-0.39, 0.29) is 0 Å². The zero-order valence-corrected chi connectivity index (χ0v) is 11.0. The summed E-state index contributed by atoms with van der Waals surface area (Å²) in [6.07, 6.45) is 7.43. The van der Waals surface area contributed by atoms with Gasteiger partial charge < -0.3 is 10.6 Å². The third kappa shape index (κ3) is 3.46. The first kappa shape index (κ1) is 12.4. The number of aromatic nitrogens is 2. The first-order chi connectivity index (χ1) is 8.15. The summed E-state index contributed by atoms with van der Waals surface area (Å²) in [5, 5.41) is 4.21. The van der Waals surface area contributed by atoms with Crippen LogP contribution in [0.15, 0.2) is 12.3 Å². The van der Waals surface area contributed by atoms with Crippen LogP contribution in [0.1, 0.15) is 32.6 Å². The Morgan fingerprint density at radius 2 is 2.35 bits per heavy atom. The topological polar surface area (TPSA) is 47.1 Å². The van der Waals surface area contributed by atoms with E-state index in [1.165, 1.54) is 25.7 Å². The molecule has 2 atom stereocenters. The lowest BCUT2D eigenvalue weighted by atomic mass is 9.86. The van der Waals surface area contributed by atoms with Gasteiger partial charge in [0.05, 0.1) is 6.54 Å². The maximum atomic E-state index is 5.60. The average Bonchev–Trinajstić information content (AvgIpc) is 2.72. The van der Waals surface area contributed by atoms with Crippen molar-refractivity contribution in [3.05, 3.63) is 12.3 Å². The maximum Gasteiger partial charge on any atom is 0.145 e. The smallest absolute Gasteiger partial charge is 0.145 e. The average molecular weight is 236 g/mol. The molecule has 1 saturated carbocycles. The molecule has 2 rings (SSSR count). The summed E-state index contributed by atoms with van der Waals surface area (Å²) in [7, 11) is 2.23. The highest BCUT2D eigenvalue weighted by Gasteiger charge is 2.21. The van der Waals surface area contributed by atoms with Crippen molar-refractivity contribution in [2.75, 3.05) is 19.3 Å². The van der Waals surface area contributed by atoms with Crippen molar-refractivity contribution >= 4 is 5.82 Å². The Bertz CT molecular complexity index is 347. The molecule has 0 spiro atoms. The quantitative estimate of drug-likeness (QED) is 0.869. The van der Waals surface area contributed by atoms with Crippen molar-refractivity contribution in [2.24, 2.45) is 5.92 Å². The fraction of sp³-hybridized carbons (Fsp3) is 0.769. The summed E-state index contributed by atoms with van der Waals surface area (Å²) >= 11 is 0. The van der Waals surface area contributed by atoms with E-state index >= 15 is 0 Å². The molecule has 4 heteroatoms. The number of hydrogen-bond acceptors (Lipinski definition) is 3. The van der Waals surface area contributed by atoms with Gasteiger partial charge in [0.1, 0.15) is 5.82 Å². The number of anilines is 1. The second-order valence-corrected chi connectivity index (χ2v) is 5.41. The molecule has 1 heterocycles. The molecule has 1 aliphatic carbocycles. The third-order valence-electron chi connectivity index (χ3n) is 3.88. The van der Waals surface area contributed by atoms with E-state index in [0.29, 0.717) is 5.82 Å². The molecule has 96 valence electrons. The van der Waals surface area contributed by atoms with Crippen molar-refractivity contribution in [2.45, 2.75) is 45.2 Å². The fourth-order valence-electron chi connectivity index (χ4n) is 2.75. The van der Waals surface area contributed by atoms with Gasteiger partial charge in [0.15, 0.2) is 0 Å². The zero-order valence-electron chi connectivity index (χ0n) is 11.0. The van der Waals surface area contributed by atoms with Crippen LogP contribution in [0, 0.1) is 5.92 Å². The molecule has 1 fully saturated rings. The van der Waals surface area contributed by atoms with Gasteiger partial charge in [-0.3, -0.25) is 4.68 Å². The van der Waals surface area contributed by atoms with Gasteiger partial charge in [-0.25, -0.2) is 0 Å². The summed E-state index contributed by atoms with van der Waals surface area (Å²) in [5.74, 6) is 1.50. The standard InChI is InChI=1S/C13H24N4/c1-11-4-3-5-12(10-11)16(2)8-9-17-7-6-13(14)15-17/h6-7,11-12H,3-5,8-10H2,1-2H3,(H2,14,15). The number of nitrogens with two attached hydrogens (primary N) is 1. The highest BCUT2D eigenvalue weighted by Crippen LogP contribution is 2.26. The molecular formula is C13H24N4. The molecular weight excluding hydrogens is 212 g/mol. The summed E-state index contributed by atoms with van der Waals surface area (Å²) < 4.78 is 1.93. The van der Waals surface area contributed by atoms with Crippen LogP contribution in [0.5, 0.6) is 0 Å². The summed E-state index contributed by atoms with van der Waals surface area (Å²) in [4.78, 5) is 2.48. The first-order valence-electron chi connectivity index (χ1n) is 6.64. The van der Waals surface area contributed by atoms with Gasteiger partial charge in [0, 0.05) is 18.8 Å². The third-order valence-corrected chi connectivity index (χ3v) is 3.88. The maximum absolute atomic E-state index is 5.60. The van der Waals surface area contributed by atoms with E-state index < -0.39 is 0 Å². The van der Waals surface area contributed by atoms with Gasteiger partial charge in [-0.2, -0.15) is 5.10 Å². The van der Waals surface area contributed by atoms with Gasteiger partial charge in [-0.1, -0.05) is 19.8 Å². The van der Waals surface area contributed by atoms with Crippen LogP contribution >= 0.6 is 0 Å². The molecule has 1 aromatic heterocycles. The second kappa shape index (κ2) is 5.54. The lowest BCUT2D eigenvalue weighted by Gasteiger charge is -2.34. The number of rotatable bonds is 4. The van der Waals surface area contributed by atoms with Gasteiger partial charge >= 0.3 is 0 Å². The Morgan fingerprint density at radius 3 is 3.00 bits per heavy atom. The molecule has 0 amide bonds. The SMILES string of the molecule is CC1CCCC(N(C)CCn2ccc(N)n2)C1. The predicted molar refractivity (Wildman–Crippen MR) is 70.7 cm³/mol. The summed E-state index contributed by atoms with van der Waals surface area (Å²) in [6, 6.07) is 2.61. The van der Waals surface area contributed by atoms with Crippen LogP contribution in [-0.4, -0.2) is 34.3 Å². The van der Waals surface area contributed by atoms with Crippen LogP contribution in [0.3, 0.4) is 0 Å². The lowest BCUT2D eigenvalue weighted by Crippen LogP contribution is -2.37. The number of nitrogen functional groups attached to an aromatic ring is 1. The Balaban J connectivity index is 1.78. The molecule has 0 aromatic carbocycles. The number of hydrogen-bond donors (Lipinski definition) is 1. The molecule has 4 nitrogen and oxygen atoms in total. The molecule has 17 heavy (non-hydrogen) atoms. The minimum Gasteiger partial charge on any atom is -0.382 e. The van der Waals surface area contributed by atoms with Gasteiger partial charge in [-0.15, -0.1) is 0 Å². The first-order valence-corrected chi connectivity index (χ1v) is 6.64. The largest absolute Gasteiger partial charge is 0.382 e. The zero-order chi connectivity index (χ0) is 12.3. The summed E-state index contributed by atoms with van der Waals surface area (Å²) in [6.45, 7) is 4.35. The van der Waals surface area contributed by atoms with Crippen LogP contribution in [0.25, 0.3) is 0 Å². The van der Waals surface area contributed by atoms with Gasteiger partial charge in [0.25, 0.3) is 0 Å².